The third-order valence-electron chi connectivity index (χ3n) is 4.92. The van der Waals surface area contributed by atoms with Gasteiger partial charge in [-0.05, 0) is 36.4 Å². The molecule has 1 aliphatic heterocycles. The van der Waals surface area contributed by atoms with Crippen LogP contribution in [0.25, 0.3) is 10.8 Å². The third kappa shape index (κ3) is 3.67. The summed E-state index contributed by atoms with van der Waals surface area (Å²) >= 11 is 6.94. The average molecular weight is 435 g/mol. The van der Waals surface area contributed by atoms with Gasteiger partial charge in [-0.2, -0.15) is 4.31 Å². The molecule has 0 spiro atoms. The van der Waals surface area contributed by atoms with Crippen LogP contribution >= 0.6 is 22.9 Å². The van der Waals surface area contributed by atoms with Crippen LogP contribution in [0, 0.1) is 0 Å². The Morgan fingerprint density at radius 1 is 1.07 bits per heavy atom. The van der Waals surface area contributed by atoms with E-state index in [1.807, 2.05) is 42.5 Å². The van der Waals surface area contributed by atoms with Gasteiger partial charge in [-0.15, -0.1) is 11.3 Å². The van der Waals surface area contributed by atoms with Gasteiger partial charge in [-0.1, -0.05) is 54.4 Å². The van der Waals surface area contributed by atoms with Gasteiger partial charge < -0.3 is 5.32 Å². The summed E-state index contributed by atoms with van der Waals surface area (Å²) in [5.74, 6) is -0.303. The number of amides is 1. The number of rotatable bonds is 4. The smallest absolute Gasteiger partial charge is 0.253 e. The van der Waals surface area contributed by atoms with E-state index in [1.54, 1.807) is 6.07 Å². The van der Waals surface area contributed by atoms with Crippen LogP contribution in [0.2, 0.25) is 4.34 Å². The summed E-state index contributed by atoms with van der Waals surface area (Å²) in [7, 11) is -3.76. The van der Waals surface area contributed by atoms with Crippen molar-refractivity contribution >= 4 is 55.3 Å². The number of carbonyl (C=O) groups is 1. The Kier molecular flexibility index (Phi) is 5.42. The summed E-state index contributed by atoms with van der Waals surface area (Å²) in [5.41, 5.74) is 0.685. The second kappa shape index (κ2) is 7.83. The lowest BCUT2D eigenvalue weighted by Crippen LogP contribution is -2.49. The van der Waals surface area contributed by atoms with E-state index in [-0.39, 0.29) is 10.1 Å². The maximum Gasteiger partial charge on any atom is 0.253 e. The van der Waals surface area contributed by atoms with Crippen LogP contribution in [0.1, 0.15) is 19.3 Å². The Morgan fingerprint density at radius 2 is 1.86 bits per heavy atom. The standard InChI is InChI=1S/C20H19ClN2O3S2/c21-18-11-12-19(27-18)28(25,26)23-13-4-3-10-17(23)20(24)22-16-9-5-7-14-6-1-2-8-15(14)16/h1-2,5-9,11-12,17H,3-4,10,13H2,(H,22,24)/t17-/m1/s1. The molecule has 146 valence electrons. The van der Waals surface area contributed by atoms with E-state index in [1.165, 1.54) is 10.4 Å². The molecule has 0 aliphatic carbocycles. The lowest BCUT2D eigenvalue weighted by Gasteiger charge is -2.33. The first-order valence-electron chi connectivity index (χ1n) is 9.02. The highest BCUT2D eigenvalue weighted by Gasteiger charge is 2.38. The molecule has 0 radical (unpaired) electrons. The summed E-state index contributed by atoms with van der Waals surface area (Å²) in [5, 5.41) is 4.89. The van der Waals surface area contributed by atoms with Crippen LogP contribution in [0.4, 0.5) is 5.69 Å². The second-order valence-corrected chi connectivity index (χ2v) is 10.5. The van der Waals surface area contributed by atoms with Gasteiger partial charge in [0.2, 0.25) is 5.91 Å². The van der Waals surface area contributed by atoms with Gasteiger partial charge in [0.15, 0.2) is 0 Å². The van der Waals surface area contributed by atoms with Crippen LogP contribution < -0.4 is 5.32 Å². The molecule has 5 nitrogen and oxygen atoms in total. The number of fused-ring (bicyclic) bond motifs is 1. The molecule has 1 amide bonds. The van der Waals surface area contributed by atoms with Crippen molar-refractivity contribution in [2.45, 2.75) is 29.5 Å². The van der Waals surface area contributed by atoms with Crippen LogP contribution in [-0.4, -0.2) is 31.2 Å². The molecule has 1 aliphatic rings. The zero-order valence-corrected chi connectivity index (χ0v) is 17.4. The van der Waals surface area contributed by atoms with Crippen molar-refractivity contribution in [2.24, 2.45) is 0 Å². The second-order valence-electron chi connectivity index (χ2n) is 6.70. The van der Waals surface area contributed by atoms with Crippen molar-refractivity contribution in [2.75, 3.05) is 11.9 Å². The highest BCUT2D eigenvalue weighted by molar-refractivity contribution is 7.91. The quantitative estimate of drug-likeness (QED) is 0.645. The SMILES string of the molecule is O=C(Nc1cccc2ccccc12)[C@H]1CCCCN1S(=O)(=O)c1ccc(Cl)s1. The highest BCUT2D eigenvalue weighted by Crippen LogP contribution is 2.32. The number of hydrogen-bond acceptors (Lipinski definition) is 4. The fourth-order valence-electron chi connectivity index (χ4n) is 3.56. The van der Waals surface area contributed by atoms with Crippen molar-refractivity contribution in [1.29, 1.82) is 0 Å². The van der Waals surface area contributed by atoms with E-state index < -0.39 is 16.1 Å². The van der Waals surface area contributed by atoms with Gasteiger partial charge >= 0.3 is 0 Å². The molecule has 4 rings (SSSR count). The molecular formula is C20H19ClN2O3S2. The molecular weight excluding hydrogens is 416 g/mol. The molecule has 0 bridgehead atoms. The van der Waals surface area contributed by atoms with Crippen molar-refractivity contribution < 1.29 is 13.2 Å². The number of hydrogen-bond donors (Lipinski definition) is 1. The number of thiophene rings is 1. The van der Waals surface area contributed by atoms with Gasteiger partial charge in [0.05, 0.1) is 4.34 Å². The summed E-state index contributed by atoms with van der Waals surface area (Å²) in [6.45, 7) is 0.325. The van der Waals surface area contributed by atoms with E-state index in [9.17, 15) is 13.2 Å². The van der Waals surface area contributed by atoms with E-state index >= 15 is 0 Å². The molecule has 1 saturated heterocycles. The topological polar surface area (TPSA) is 66.5 Å². The van der Waals surface area contributed by atoms with Crippen molar-refractivity contribution in [1.82, 2.24) is 4.31 Å². The van der Waals surface area contributed by atoms with Gasteiger partial charge in [0.25, 0.3) is 10.0 Å². The third-order valence-corrected chi connectivity index (χ3v) is 8.52. The number of benzene rings is 2. The minimum absolute atomic E-state index is 0.169. The Balaban J connectivity index is 1.63. The molecule has 0 saturated carbocycles. The Hall–Kier alpha value is -1.93. The van der Waals surface area contributed by atoms with Gasteiger partial charge in [-0.25, -0.2) is 8.42 Å². The molecule has 2 heterocycles. The fourth-order valence-corrected chi connectivity index (χ4v) is 6.83. The molecule has 8 heteroatoms. The van der Waals surface area contributed by atoms with Crippen molar-refractivity contribution in [3.8, 4) is 0 Å². The number of carbonyl (C=O) groups excluding carboxylic acids is 1. The maximum absolute atomic E-state index is 13.1. The Morgan fingerprint density at radius 3 is 2.64 bits per heavy atom. The summed E-state index contributed by atoms with van der Waals surface area (Å²) < 4.78 is 28.1. The molecule has 1 fully saturated rings. The molecule has 1 aromatic heterocycles. The van der Waals surface area contributed by atoms with Gasteiger partial charge in [0.1, 0.15) is 10.3 Å². The predicted molar refractivity (Wildman–Crippen MR) is 113 cm³/mol. The fraction of sp³-hybridized carbons (Fsp3) is 0.250. The van der Waals surface area contributed by atoms with E-state index in [4.69, 9.17) is 11.6 Å². The zero-order valence-electron chi connectivity index (χ0n) is 15.0. The Bertz CT molecular complexity index is 1120. The molecule has 28 heavy (non-hydrogen) atoms. The predicted octanol–water partition coefficient (Wildman–Crippen LogP) is 4.74. The molecule has 1 N–H and O–H groups in total. The average Bonchev–Trinajstić information content (AvgIpc) is 3.15. The number of nitrogens with one attached hydrogen (secondary N) is 1. The number of halogens is 1. The summed E-state index contributed by atoms with van der Waals surface area (Å²) in [6.07, 6.45) is 2.04. The molecule has 0 unspecified atom stereocenters. The monoisotopic (exact) mass is 434 g/mol. The number of piperidine rings is 1. The number of anilines is 1. The summed E-state index contributed by atoms with van der Waals surface area (Å²) in [4.78, 5) is 13.1. The first-order valence-corrected chi connectivity index (χ1v) is 11.7. The van der Waals surface area contributed by atoms with E-state index in [0.29, 0.717) is 23.0 Å². The minimum atomic E-state index is -3.76. The van der Waals surface area contributed by atoms with E-state index in [0.717, 1.165) is 35.0 Å². The molecule has 3 aromatic rings. The summed E-state index contributed by atoms with van der Waals surface area (Å²) in [6, 6.07) is 15.8. The molecule has 2 aromatic carbocycles. The maximum atomic E-state index is 13.1. The normalized spacial score (nSPS) is 18.2. The highest BCUT2D eigenvalue weighted by atomic mass is 35.5. The first-order chi connectivity index (χ1) is 13.5. The van der Waals surface area contributed by atoms with Crippen LogP contribution in [-0.2, 0) is 14.8 Å². The lowest BCUT2D eigenvalue weighted by atomic mass is 10.0. The van der Waals surface area contributed by atoms with Crippen LogP contribution in [0.3, 0.4) is 0 Å². The lowest BCUT2D eigenvalue weighted by molar-refractivity contribution is -0.120. The van der Waals surface area contributed by atoms with Gasteiger partial charge in [-0.3, -0.25) is 4.79 Å². The van der Waals surface area contributed by atoms with Gasteiger partial charge in [0, 0.05) is 17.6 Å². The van der Waals surface area contributed by atoms with Crippen molar-refractivity contribution in [3.63, 3.8) is 0 Å². The van der Waals surface area contributed by atoms with E-state index in [2.05, 4.69) is 5.32 Å². The largest absolute Gasteiger partial charge is 0.324 e. The number of nitrogens with zero attached hydrogens (tertiary/aromatic N) is 1. The first kappa shape index (κ1) is 19.4. The zero-order chi connectivity index (χ0) is 19.7. The number of sulfonamides is 1. The Labute approximate surface area is 173 Å². The molecule has 1 atom stereocenters. The minimum Gasteiger partial charge on any atom is -0.324 e. The van der Waals surface area contributed by atoms with Crippen molar-refractivity contribution in [3.05, 3.63) is 58.9 Å². The van der Waals surface area contributed by atoms with Crippen LogP contribution in [0.15, 0.2) is 58.8 Å². The van der Waals surface area contributed by atoms with Crippen LogP contribution in [0.5, 0.6) is 0 Å².